The molecular formula is C20H25FN6O. The van der Waals surface area contributed by atoms with Gasteiger partial charge < -0.3 is 10.2 Å². The van der Waals surface area contributed by atoms with Gasteiger partial charge in [-0.05, 0) is 39.2 Å². The zero-order valence-electron chi connectivity index (χ0n) is 16.6. The molecule has 3 aromatic rings. The number of carbonyl (C=O) groups is 1. The highest BCUT2D eigenvalue weighted by Crippen LogP contribution is 2.22. The lowest BCUT2D eigenvalue weighted by Crippen LogP contribution is -2.28. The molecule has 0 aliphatic heterocycles. The molecule has 7 nitrogen and oxygen atoms in total. The molecule has 0 saturated carbocycles. The quantitative estimate of drug-likeness (QED) is 0.678. The summed E-state index contributed by atoms with van der Waals surface area (Å²) in [6.07, 6.45) is 1.56. The van der Waals surface area contributed by atoms with Crippen LogP contribution >= 0.6 is 0 Å². The van der Waals surface area contributed by atoms with Crippen molar-refractivity contribution in [2.45, 2.75) is 20.0 Å². The minimum Gasteiger partial charge on any atom is -0.350 e. The molecule has 0 aliphatic rings. The van der Waals surface area contributed by atoms with Gasteiger partial charge in [-0.2, -0.15) is 10.2 Å². The number of aromatic nitrogens is 4. The van der Waals surface area contributed by atoms with E-state index in [4.69, 9.17) is 0 Å². The van der Waals surface area contributed by atoms with Crippen molar-refractivity contribution in [3.8, 4) is 11.3 Å². The highest BCUT2D eigenvalue weighted by molar-refractivity contribution is 5.94. The van der Waals surface area contributed by atoms with E-state index in [0.717, 1.165) is 11.4 Å². The van der Waals surface area contributed by atoms with Gasteiger partial charge in [0.05, 0.1) is 29.7 Å². The Hall–Kier alpha value is -3.00. The van der Waals surface area contributed by atoms with Crippen molar-refractivity contribution in [2.75, 3.05) is 20.6 Å². The molecule has 1 amide bonds. The van der Waals surface area contributed by atoms with Gasteiger partial charge in [-0.3, -0.25) is 14.2 Å². The Labute approximate surface area is 163 Å². The van der Waals surface area contributed by atoms with Crippen molar-refractivity contribution in [2.24, 2.45) is 7.05 Å². The van der Waals surface area contributed by atoms with Gasteiger partial charge in [0.25, 0.3) is 5.91 Å². The molecule has 0 atom stereocenters. The molecule has 1 N–H and O–H groups in total. The molecular weight excluding hydrogens is 359 g/mol. The van der Waals surface area contributed by atoms with Gasteiger partial charge in [-0.15, -0.1) is 0 Å². The molecule has 0 saturated heterocycles. The van der Waals surface area contributed by atoms with Gasteiger partial charge in [0, 0.05) is 31.4 Å². The first-order chi connectivity index (χ1) is 13.4. The predicted molar refractivity (Wildman–Crippen MR) is 105 cm³/mol. The van der Waals surface area contributed by atoms with E-state index in [1.165, 1.54) is 6.07 Å². The molecule has 0 radical (unpaired) electrons. The standard InChI is InChI=1S/C20H25FN6O/c1-14-17(12-23-26(14)4)20(28)22-9-10-27-15(13-25(2)3)11-19(24-27)16-7-5-6-8-18(16)21/h5-8,11-12H,9-10,13H2,1-4H3,(H,22,28). The number of nitrogens with zero attached hydrogens (tertiary/aromatic N) is 5. The maximum absolute atomic E-state index is 14.1. The normalized spacial score (nSPS) is 11.2. The summed E-state index contributed by atoms with van der Waals surface area (Å²) < 4.78 is 17.6. The molecule has 0 fully saturated rings. The summed E-state index contributed by atoms with van der Waals surface area (Å²) in [6, 6.07) is 8.49. The van der Waals surface area contributed by atoms with E-state index in [1.807, 2.05) is 36.7 Å². The topological polar surface area (TPSA) is 68.0 Å². The molecule has 8 heteroatoms. The van der Waals surface area contributed by atoms with E-state index in [9.17, 15) is 9.18 Å². The number of carbonyl (C=O) groups excluding carboxylic acids is 1. The van der Waals surface area contributed by atoms with Crippen molar-refractivity contribution in [3.05, 3.63) is 59.3 Å². The van der Waals surface area contributed by atoms with E-state index in [-0.39, 0.29) is 11.7 Å². The lowest BCUT2D eigenvalue weighted by Gasteiger charge is -2.12. The van der Waals surface area contributed by atoms with Crippen LogP contribution < -0.4 is 5.32 Å². The second kappa shape index (κ2) is 8.35. The van der Waals surface area contributed by atoms with Crippen LogP contribution in [0.15, 0.2) is 36.5 Å². The molecule has 3 rings (SSSR count). The molecule has 0 spiro atoms. The number of benzene rings is 1. The summed E-state index contributed by atoms with van der Waals surface area (Å²) in [7, 11) is 5.73. The highest BCUT2D eigenvalue weighted by atomic mass is 19.1. The molecule has 2 aromatic heterocycles. The van der Waals surface area contributed by atoms with Crippen molar-refractivity contribution in [1.29, 1.82) is 0 Å². The Balaban J connectivity index is 1.74. The van der Waals surface area contributed by atoms with E-state index < -0.39 is 0 Å². The second-order valence-corrected chi connectivity index (χ2v) is 6.98. The molecule has 1 aromatic carbocycles. The van der Waals surface area contributed by atoms with E-state index >= 15 is 0 Å². The van der Waals surface area contributed by atoms with Crippen LogP contribution in [0, 0.1) is 12.7 Å². The first-order valence-electron chi connectivity index (χ1n) is 9.10. The van der Waals surface area contributed by atoms with Crippen LogP contribution in [0.3, 0.4) is 0 Å². The SMILES string of the molecule is Cc1c(C(=O)NCCn2nc(-c3ccccc3F)cc2CN(C)C)cnn1C. The third kappa shape index (κ3) is 4.28. The number of halogens is 1. The summed E-state index contributed by atoms with van der Waals surface area (Å²) in [5.41, 5.74) is 3.38. The summed E-state index contributed by atoms with van der Waals surface area (Å²) in [4.78, 5) is 14.4. The van der Waals surface area contributed by atoms with Crippen LogP contribution in [0.1, 0.15) is 21.7 Å². The molecule has 148 valence electrons. The summed E-state index contributed by atoms with van der Waals surface area (Å²) in [6.45, 7) is 3.41. The van der Waals surface area contributed by atoms with E-state index in [0.29, 0.717) is 36.5 Å². The minimum absolute atomic E-state index is 0.166. The molecule has 28 heavy (non-hydrogen) atoms. The van der Waals surface area contributed by atoms with Gasteiger partial charge in [0.2, 0.25) is 0 Å². The van der Waals surface area contributed by atoms with E-state index in [2.05, 4.69) is 15.5 Å². The summed E-state index contributed by atoms with van der Waals surface area (Å²) in [5, 5.41) is 11.6. The Kier molecular flexibility index (Phi) is 5.89. The predicted octanol–water partition coefficient (Wildman–Crippen LogP) is 2.22. The smallest absolute Gasteiger partial charge is 0.254 e. The number of amides is 1. The molecule has 0 aliphatic carbocycles. The Morgan fingerprint density at radius 1 is 1.29 bits per heavy atom. The van der Waals surface area contributed by atoms with Crippen molar-refractivity contribution < 1.29 is 9.18 Å². The maximum atomic E-state index is 14.1. The maximum Gasteiger partial charge on any atom is 0.254 e. The first-order valence-corrected chi connectivity index (χ1v) is 9.10. The fraction of sp³-hybridized carbons (Fsp3) is 0.350. The molecule has 0 unspecified atom stereocenters. The van der Waals surface area contributed by atoms with Crippen molar-refractivity contribution in [3.63, 3.8) is 0 Å². The van der Waals surface area contributed by atoms with Crippen molar-refractivity contribution >= 4 is 5.91 Å². The number of rotatable bonds is 7. The van der Waals surface area contributed by atoms with Gasteiger partial charge in [-0.25, -0.2) is 4.39 Å². The second-order valence-electron chi connectivity index (χ2n) is 6.98. The van der Waals surface area contributed by atoms with Gasteiger partial charge in [0.1, 0.15) is 5.82 Å². The number of hydrogen-bond donors (Lipinski definition) is 1. The first kappa shape index (κ1) is 19.8. The Morgan fingerprint density at radius 3 is 2.68 bits per heavy atom. The highest BCUT2D eigenvalue weighted by Gasteiger charge is 2.15. The zero-order valence-corrected chi connectivity index (χ0v) is 16.6. The third-order valence-electron chi connectivity index (χ3n) is 4.58. The van der Waals surface area contributed by atoms with Gasteiger partial charge in [-0.1, -0.05) is 12.1 Å². The fourth-order valence-corrected chi connectivity index (χ4v) is 2.99. The number of aryl methyl sites for hydroxylation is 1. The van der Waals surface area contributed by atoms with Gasteiger partial charge >= 0.3 is 0 Å². The average Bonchev–Trinajstić information content (AvgIpc) is 3.18. The summed E-state index contributed by atoms with van der Waals surface area (Å²) >= 11 is 0. The van der Waals surface area contributed by atoms with Crippen molar-refractivity contribution in [1.82, 2.24) is 29.8 Å². The van der Waals surface area contributed by atoms with Crippen LogP contribution in [-0.4, -0.2) is 51.0 Å². The van der Waals surface area contributed by atoms with Crippen LogP contribution in [0.2, 0.25) is 0 Å². The average molecular weight is 384 g/mol. The number of nitrogens with one attached hydrogen (secondary N) is 1. The molecule has 2 heterocycles. The van der Waals surface area contributed by atoms with Crippen LogP contribution in [0.5, 0.6) is 0 Å². The van der Waals surface area contributed by atoms with Gasteiger partial charge in [0.15, 0.2) is 0 Å². The zero-order chi connectivity index (χ0) is 20.3. The Morgan fingerprint density at radius 2 is 2.04 bits per heavy atom. The monoisotopic (exact) mass is 384 g/mol. The lowest BCUT2D eigenvalue weighted by atomic mass is 10.1. The minimum atomic E-state index is -0.302. The lowest BCUT2D eigenvalue weighted by molar-refractivity contribution is 0.0951. The van der Waals surface area contributed by atoms with Crippen LogP contribution in [0.25, 0.3) is 11.3 Å². The summed E-state index contributed by atoms with van der Waals surface area (Å²) in [5.74, 6) is -0.467. The largest absolute Gasteiger partial charge is 0.350 e. The van der Waals surface area contributed by atoms with E-state index in [1.54, 1.807) is 36.1 Å². The van der Waals surface area contributed by atoms with Crippen LogP contribution in [0.4, 0.5) is 4.39 Å². The Bertz CT molecular complexity index is 975. The third-order valence-corrected chi connectivity index (χ3v) is 4.58. The fourth-order valence-electron chi connectivity index (χ4n) is 2.99. The van der Waals surface area contributed by atoms with Crippen LogP contribution in [-0.2, 0) is 20.1 Å². The molecule has 0 bridgehead atoms. The number of hydrogen-bond acceptors (Lipinski definition) is 4.